The monoisotopic (exact) mass is 332 g/mol. The number of H-pyrrole nitrogens is 1. The lowest BCUT2D eigenvalue weighted by molar-refractivity contribution is 0.415. The maximum atomic E-state index is 12.3. The third-order valence-electron chi connectivity index (χ3n) is 3.69. The van der Waals surface area contributed by atoms with E-state index in [1.54, 1.807) is 31.4 Å². The van der Waals surface area contributed by atoms with Gasteiger partial charge in [0.2, 0.25) is 5.95 Å². The Bertz CT molecular complexity index is 1000. The highest BCUT2D eigenvalue weighted by Crippen LogP contribution is 2.25. The highest BCUT2D eigenvalue weighted by Gasteiger charge is 2.14. The van der Waals surface area contributed by atoms with Gasteiger partial charge in [0.25, 0.3) is 5.56 Å². The number of aryl methyl sites for hydroxylation is 1. The van der Waals surface area contributed by atoms with Crippen molar-refractivity contribution in [2.24, 2.45) is 0 Å². The number of nitriles is 1. The summed E-state index contributed by atoms with van der Waals surface area (Å²) in [6.07, 6.45) is 0. The number of benzene rings is 2. The molecule has 0 unspecified atom stereocenters. The van der Waals surface area contributed by atoms with Crippen LogP contribution in [-0.2, 0) is 0 Å². The van der Waals surface area contributed by atoms with Gasteiger partial charge in [-0.3, -0.25) is 9.78 Å². The largest absolute Gasteiger partial charge is 0.497 e. The minimum absolute atomic E-state index is 0.0392. The summed E-state index contributed by atoms with van der Waals surface area (Å²) in [5.74, 6) is 0.891. The van der Waals surface area contributed by atoms with E-state index in [0.717, 1.165) is 11.3 Å². The molecule has 6 nitrogen and oxygen atoms in total. The van der Waals surface area contributed by atoms with Crippen LogP contribution in [0.1, 0.15) is 11.1 Å². The average Bonchev–Trinajstić information content (AvgIpc) is 2.63. The van der Waals surface area contributed by atoms with Crippen LogP contribution in [0, 0.1) is 18.3 Å². The minimum atomic E-state index is -0.495. The van der Waals surface area contributed by atoms with Crippen LogP contribution in [-0.4, -0.2) is 17.1 Å². The van der Waals surface area contributed by atoms with Crippen molar-refractivity contribution in [3.8, 4) is 23.1 Å². The lowest BCUT2D eigenvalue weighted by atomic mass is 10.1. The van der Waals surface area contributed by atoms with Crippen molar-refractivity contribution in [3.05, 3.63) is 70.0 Å². The van der Waals surface area contributed by atoms with E-state index in [2.05, 4.69) is 15.3 Å². The Kier molecular flexibility index (Phi) is 4.48. The van der Waals surface area contributed by atoms with E-state index in [0.29, 0.717) is 17.0 Å². The molecule has 0 spiro atoms. The van der Waals surface area contributed by atoms with Crippen LogP contribution in [0.2, 0.25) is 0 Å². The summed E-state index contributed by atoms with van der Waals surface area (Å²) >= 11 is 0. The Balaban J connectivity index is 2.07. The van der Waals surface area contributed by atoms with E-state index >= 15 is 0 Å². The van der Waals surface area contributed by atoms with Crippen molar-refractivity contribution in [2.45, 2.75) is 6.92 Å². The molecule has 0 radical (unpaired) electrons. The molecular weight excluding hydrogens is 316 g/mol. The second-order valence-electron chi connectivity index (χ2n) is 5.47. The van der Waals surface area contributed by atoms with E-state index in [9.17, 15) is 10.1 Å². The molecule has 2 aromatic carbocycles. The third kappa shape index (κ3) is 3.51. The molecule has 2 N–H and O–H groups in total. The number of rotatable bonds is 4. The minimum Gasteiger partial charge on any atom is -0.497 e. The van der Waals surface area contributed by atoms with Gasteiger partial charge in [0.15, 0.2) is 0 Å². The highest BCUT2D eigenvalue weighted by atomic mass is 16.5. The Hall–Kier alpha value is -3.59. The topological polar surface area (TPSA) is 90.8 Å². The fraction of sp³-hybridized carbons (Fsp3) is 0.105. The SMILES string of the molecule is COc1cccc(-c2nc(Nc3ccc(C)cc3)[nH]c(=O)c2C#N)c1. The van der Waals surface area contributed by atoms with Crippen molar-refractivity contribution in [3.63, 3.8) is 0 Å². The fourth-order valence-electron chi connectivity index (χ4n) is 2.39. The number of aromatic amines is 1. The summed E-state index contributed by atoms with van der Waals surface area (Å²) in [6.45, 7) is 1.99. The Morgan fingerprint density at radius 2 is 1.96 bits per heavy atom. The fourth-order valence-corrected chi connectivity index (χ4v) is 2.39. The molecule has 1 aromatic heterocycles. The van der Waals surface area contributed by atoms with Crippen molar-refractivity contribution in [1.29, 1.82) is 5.26 Å². The second kappa shape index (κ2) is 6.89. The normalized spacial score (nSPS) is 10.1. The molecule has 0 aliphatic carbocycles. The molecule has 124 valence electrons. The number of aromatic nitrogens is 2. The van der Waals surface area contributed by atoms with Gasteiger partial charge in [0, 0.05) is 11.3 Å². The van der Waals surface area contributed by atoms with Crippen LogP contribution >= 0.6 is 0 Å². The molecule has 25 heavy (non-hydrogen) atoms. The standard InChI is InChI=1S/C19H16N4O2/c1-12-6-8-14(9-7-12)21-19-22-17(16(11-20)18(24)23-19)13-4-3-5-15(10-13)25-2/h3-10H,1-2H3,(H2,21,22,23,24). The molecule has 0 fully saturated rings. The van der Waals surface area contributed by atoms with Crippen LogP contribution in [0.5, 0.6) is 5.75 Å². The molecular formula is C19H16N4O2. The summed E-state index contributed by atoms with van der Waals surface area (Å²) in [6, 6.07) is 16.7. The van der Waals surface area contributed by atoms with E-state index in [1.807, 2.05) is 37.3 Å². The molecule has 0 saturated carbocycles. The van der Waals surface area contributed by atoms with Crippen LogP contribution in [0.15, 0.2) is 53.3 Å². The number of anilines is 2. The average molecular weight is 332 g/mol. The molecule has 0 bridgehead atoms. The van der Waals surface area contributed by atoms with Crippen LogP contribution in [0.3, 0.4) is 0 Å². The summed E-state index contributed by atoms with van der Waals surface area (Å²) in [5, 5.41) is 12.4. The smallest absolute Gasteiger partial charge is 0.270 e. The summed E-state index contributed by atoms with van der Waals surface area (Å²) in [5.41, 5.74) is 2.32. The Labute approximate surface area is 144 Å². The third-order valence-corrected chi connectivity index (χ3v) is 3.69. The first kappa shape index (κ1) is 16.3. The van der Waals surface area contributed by atoms with Crippen molar-refractivity contribution < 1.29 is 4.74 Å². The van der Waals surface area contributed by atoms with Gasteiger partial charge >= 0.3 is 0 Å². The van der Waals surface area contributed by atoms with Crippen LogP contribution in [0.25, 0.3) is 11.3 Å². The quantitative estimate of drug-likeness (QED) is 0.764. The first-order valence-corrected chi connectivity index (χ1v) is 7.63. The zero-order valence-corrected chi connectivity index (χ0v) is 13.8. The van der Waals surface area contributed by atoms with E-state index in [-0.39, 0.29) is 11.5 Å². The van der Waals surface area contributed by atoms with Crippen LogP contribution < -0.4 is 15.6 Å². The van der Waals surface area contributed by atoms with Gasteiger partial charge in [-0.1, -0.05) is 29.8 Å². The summed E-state index contributed by atoms with van der Waals surface area (Å²) < 4.78 is 5.20. The van der Waals surface area contributed by atoms with Gasteiger partial charge in [0.1, 0.15) is 17.4 Å². The number of methoxy groups -OCH3 is 1. The predicted molar refractivity (Wildman–Crippen MR) is 96.0 cm³/mol. The van der Waals surface area contributed by atoms with E-state index in [1.165, 1.54) is 0 Å². The number of nitrogens with zero attached hydrogens (tertiary/aromatic N) is 2. The van der Waals surface area contributed by atoms with Crippen molar-refractivity contribution in [2.75, 3.05) is 12.4 Å². The lowest BCUT2D eigenvalue weighted by Crippen LogP contribution is -2.16. The van der Waals surface area contributed by atoms with Gasteiger partial charge < -0.3 is 10.1 Å². The van der Waals surface area contributed by atoms with E-state index < -0.39 is 5.56 Å². The van der Waals surface area contributed by atoms with Crippen molar-refractivity contribution in [1.82, 2.24) is 9.97 Å². The number of nitrogens with one attached hydrogen (secondary N) is 2. The maximum Gasteiger partial charge on any atom is 0.270 e. The summed E-state index contributed by atoms with van der Waals surface area (Å²) in [4.78, 5) is 19.3. The second-order valence-corrected chi connectivity index (χ2v) is 5.47. The molecule has 0 amide bonds. The Morgan fingerprint density at radius 1 is 1.20 bits per heavy atom. The molecule has 0 saturated heterocycles. The zero-order chi connectivity index (χ0) is 17.8. The molecule has 0 aliphatic heterocycles. The molecule has 6 heteroatoms. The van der Waals surface area contributed by atoms with Gasteiger partial charge in [0.05, 0.1) is 12.8 Å². The number of hydrogen-bond acceptors (Lipinski definition) is 5. The van der Waals surface area contributed by atoms with Gasteiger partial charge in [-0.25, -0.2) is 4.98 Å². The van der Waals surface area contributed by atoms with Gasteiger partial charge in [-0.2, -0.15) is 5.26 Å². The molecule has 1 heterocycles. The summed E-state index contributed by atoms with van der Waals surface area (Å²) in [7, 11) is 1.56. The maximum absolute atomic E-state index is 12.3. The highest BCUT2D eigenvalue weighted by molar-refractivity contribution is 5.69. The lowest BCUT2D eigenvalue weighted by Gasteiger charge is -2.10. The first-order valence-electron chi connectivity index (χ1n) is 7.63. The molecule has 0 atom stereocenters. The van der Waals surface area contributed by atoms with E-state index in [4.69, 9.17) is 4.74 Å². The number of ether oxygens (including phenoxy) is 1. The van der Waals surface area contributed by atoms with Crippen molar-refractivity contribution >= 4 is 11.6 Å². The predicted octanol–water partition coefficient (Wildman–Crippen LogP) is 3.37. The first-order chi connectivity index (χ1) is 12.1. The van der Waals surface area contributed by atoms with Gasteiger partial charge in [-0.15, -0.1) is 0 Å². The number of hydrogen-bond donors (Lipinski definition) is 2. The zero-order valence-electron chi connectivity index (χ0n) is 13.8. The molecule has 3 aromatic rings. The molecule has 0 aliphatic rings. The van der Waals surface area contributed by atoms with Gasteiger partial charge in [-0.05, 0) is 31.2 Å². The van der Waals surface area contributed by atoms with Crippen LogP contribution in [0.4, 0.5) is 11.6 Å². The molecule has 3 rings (SSSR count). The Morgan fingerprint density at radius 3 is 2.64 bits per heavy atom.